The molecule has 1 N–H and O–H groups in total. The molecule has 1 aliphatic rings. The van der Waals surface area contributed by atoms with Gasteiger partial charge >= 0.3 is 0 Å². The summed E-state index contributed by atoms with van der Waals surface area (Å²) in [4.78, 5) is 13.9. The summed E-state index contributed by atoms with van der Waals surface area (Å²) in [6.45, 7) is 0.502. The maximum absolute atomic E-state index is 12.0. The standard InChI is InChI=1S/C14H18ClNO2S/c15-12-3-1-2-11(8-12)9-19-10-14(18)16(6-7-17)13-4-5-13/h1-3,8,13,17H,4-7,9-10H2. The normalized spacial score (nSPS) is 14.4. The van der Waals surface area contributed by atoms with E-state index in [1.807, 2.05) is 29.2 Å². The van der Waals surface area contributed by atoms with Crippen molar-refractivity contribution in [3.8, 4) is 0 Å². The molecule has 1 amide bonds. The summed E-state index contributed by atoms with van der Waals surface area (Å²) >= 11 is 7.51. The zero-order valence-electron chi connectivity index (χ0n) is 10.7. The number of aliphatic hydroxyl groups is 1. The number of halogens is 1. The highest BCUT2D eigenvalue weighted by Gasteiger charge is 2.31. The quantitative estimate of drug-likeness (QED) is 0.841. The third-order valence-corrected chi connectivity index (χ3v) is 4.26. The molecule has 3 nitrogen and oxygen atoms in total. The van der Waals surface area contributed by atoms with Gasteiger partial charge in [-0.2, -0.15) is 0 Å². The lowest BCUT2D eigenvalue weighted by atomic mass is 10.2. The fourth-order valence-corrected chi connectivity index (χ4v) is 3.04. The number of thioether (sulfide) groups is 1. The van der Waals surface area contributed by atoms with Gasteiger partial charge in [-0.25, -0.2) is 0 Å². The molecular formula is C14H18ClNO2S. The summed E-state index contributed by atoms with van der Waals surface area (Å²) in [5.74, 6) is 1.37. The first kappa shape index (κ1) is 14.7. The molecule has 0 aliphatic heterocycles. The summed E-state index contributed by atoms with van der Waals surface area (Å²) in [7, 11) is 0. The van der Waals surface area contributed by atoms with Gasteiger partial charge in [0.15, 0.2) is 0 Å². The summed E-state index contributed by atoms with van der Waals surface area (Å²) in [6, 6.07) is 8.06. The first-order valence-electron chi connectivity index (χ1n) is 6.43. The van der Waals surface area contributed by atoms with Crippen molar-refractivity contribution >= 4 is 29.3 Å². The van der Waals surface area contributed by atoms with Crippen LogP contribution in [0, 0.1) is 0 Å². The molecule has 1 aliphatic carbocycles. The Balaban J connectivity index is 1.76. The van der Waals surface area contributed by atoms with Crippen molar-refractivity contribution in [3.05, 3.63) is 34.9 Å². The number of carbonyl (C=O) groups excluding carboxylic acids is 1. The van der Waals surface area contributed by atoms with Crippen LogP contribution in [-0.2, 0) is 10.5 Å². The van der Waals surface area contributed by atoms with Crippen LogP contribution in [0.4, 0.5) is 0 Å². The average Bonchev–Trinajstić information content (AvgIpc) is 3.20. The molecule has 0 heterocycles. The summed E-state index contributed by atoms with van der Waals surface area (Å²) in [5, 5.41) is 9.71. The number of amides is 1. The Morgan fingerprint density at radius 3 is 2.89 bits per heavy atom. The van der Waals surface area contributed by atoms with Crippen molar-refractivity contribution in [2.24, 2.45) is 0 Å². The fourth-order valence-electron chi connectivity index (χ4n) is 1.97. The summed E-state index contributed by atoms with van der Waals surface area (Å²) in [5.41, 5.74) is 1.13. The van der Waals surface area contributed by atoms with Gasteiger partial charge in [-0.1, -0.05) is 23.7 Å². The lowest BCUT2D eigenvalue weighted by Crippen LogP contribution is -2.36. The number of carbonyl (C=O) groups is 1. The van der Waals surface area contributed by atoms with Gasteiger partial charge in [0.2, 0.25) is 5.91 Å². The lowest BCUT2D eigenvalue weighted by Gasteiger charge is -2.21. The number of aliphatic hydroxyl groups excluding tert-OH is 1. The molecule has 0 bridgehead atoms. The van der Waals surface area contributed by atoms with Crippen LogP contribution < -0.4 is 0 Å². The van der Waals surface area contributed by atoms with E-state index in [9.17, 15) is 4.79 Å². The number of benzene rings is 1. The van der Waals surface area contributed by atoms with Crippen LogP contribution in [0.3, 0.4) is 0 Å². The number of hydrogen-bond donors (Lipinski definition) is 1. The highest BCUT2D eigenvalue weighted by molar-refractivity contribution is 7.99. The highest BCUT2D eigenvalue weighted by Crippen LogP contribution is 2.27. The van der Waals surface area contributed by atoms with Crippen LogP contribution in [0.2, 0.25) is 5.02 Å². The van der Waals surface area contributed by atoms with Crippen molar-refractivity contribution < 1.29 is 9.90 Å². The molecule has 19 heavy (non-hydrogen) atoms. The summed E-state index contributed by atoms with van der Waals surface area (Å²) in [6.07, 6.45) is 2.15. The number of hydrogen-bond acceptors (Lipinski definition) is 3. The Bertz CT molecular complexity index is 437. The van der Waals surface area contributed by atoms with E-state index in [-0.39, 0.29) is 12.5 Å². The average molecular weight is 300 g/mol. The van der Waals surface area contributed by atoms with E-state index >= 15 is 0 Å². The van der Waals surface area contributed by atoms with E-state index in [1.165, 1.54) is 0 Å². The number of rotatable bonds is 7. The van der Waals surface area contributed by atoms with Crippen LogP contribution in [0.1, 0.15) is 18.4 Å². The van der Waals surface area contributed by atoms with Crippen molar-refractivity contribution in [1.82, 2.24) is 4.90 Å². The molecule has 1 saturated carbocycles. The smallest absolute Gasteiger partial charge is 0.232 e. The van der Waals surface area contributed by atoms with Gasteiger partial charge in [0, 0.05) is 23.4 Å². The lowest BCUT2D eigenvalue weighted by molar-refractivity contribution is -0.129. The van der Waals surface area contributed by atoms with Crippen molar-refractivity contribution in [2.45, 2.75) is 24.6 Å². The first-order valence-corrected chi connectivity index (χ1v) is 7.96. The van der Waals surface area contributed by atoms with Crippen LogP contribution in [0.15, 0.2) is 24.3 Å². The molecule has 0 saturated heterocycles. The molecule has 1 aromatic carbocycles. The molecule has 104 valence electrons. The van der Waals surface area contributed by atoms with Crippen molar-refractivity contribution in [3.63, 3.8) is 0 Å². The Labute approximate surface area is 122 Å². The largest absolute Gasteiger partial charge is 0.395 e. The van der Waals surface area contributed by atoms with Gasteiger partial charge in [0.05, 0.1) is 12.4 Å². The monoisotopic (exact) mass is 299 g/mol. The van der Waals surface area contributed by atoms with Crippen LogP contribution in [-0.4, -0.2) is 40.9 Å². The third kappa shape index (κ3) is 4.71. The van der Waals surface area contributed by atoms with E-state index in [4.69, 9.17) is 16.7 Å². The van der Waals surface area contributed by atoms with Gasteiger partial charge in [0.25, 0.3) is 0 Å². The SMILES string of the molecule is O=C(CSCc1cccc(Cl)c1)N(CCO)C1CC1. The Morgan fingerprint density at radius 1 is 1.47 bits per heavy atom. The third-order valence-electron chi connectivity index (χ3n) is 3.03. The van der Waals surface area contributed by atoms with E-state index in [0.29, 0.717) is 18.3 Å². The second-order valence-corrected chi connectivity index (χ2v) is 6.09. The van der Waals surface area contributed by atoms with E-state index in [0.717, 1.165) is 29.2 Å². The zero-order chi connectivity index (χ0) is 13.7. The van der Waals surface area contributed by atoms with Crippen LogP contribution in [0.5, 0.6) is 0 Å². The van der Waals surface area contributed by atoms with Gasteiger partial charge in [-0.3, -0.25) is 4.79 Å². The molecule has 0 radical (unpaired) electrons. The maximum Gasteiger partial charge on any atom is 0.232 e. The molecule has 0 aromatic heterocycles. The topological polar surface area (TPSA) is 40.5 Å². The van der Waals surface area contributed by atoms with Gasteiger partial charge in [-0.05, 0) is 30.5 Å². The minimum absolute atomic E-state index is 0.0429. The second kappa shape index (κ2) is 7.17. The molecule has 0 atom stereocenters. The van der Waals surface area contributed by atoms with E-state index in [1.54, 1.807) is 11.8 Å². The fraction of sp³-hybridized carbons (Fsp3) is 0.500. The zero-order valence-corrected chi connectivity index (χ0v) is 12.3. The molecule has 5 heteroatoms. The molecule has 2 rings (SSSR count). The van der Waals surface area contributed by atoms with Gasteiger partial charge in [-0.15, -0.1) is 11.8 Å². The molecular weight excluding hydrogens is 282 g/mol. The predicted molar refractivity (Wildman–Crippen MR) is 79.4 cm³/mol. The maximum atomic E-state index is 12.0. The Hall–Kier alpha value is -0.710. The van der Waals surface area contributed by atoms with E-state index < -0.39 is 0 Å². The van der Waals surface area contributed by atoms with Crippen molar-refractivity contribution in [1.29, 1.82) is 0 Å². The molecule has 1 fully saturated rings. The number of nitrogens with zero attached hydrogens (tertiary/aromatic N) is 1. The Kier molecular flexibility index (Phi) is 5.55. The van der Waals surface area contributed by atoms with Crippen LogP contribution in [0.25, 0.3) is 0 Å². The highest BCUT2D eigenvalue weighted by atomic mass is 35.5. The van der Waals surface area contributed by atoms with Gasteiger partial charge in [0.1, 0.15) is 0 Å². The second-order valence-electron chi connectivity index (χ2n) is 4.66. The minimum Gasteiger partial charge on any atom is -0.395 e. The Morgan fingerprint density at radius 2 is 2.26 bits per heavy atom. The summed E-state index contributed by atoms with van der Waals surface area (Å²) < 4.78 is 0. The molecule has 1 aromatic rings. The van der Waals surface area contributed by atoms with Crippen molar-refractivity contribution in [2.75, 3.05) is 18.9 Å². The van der Waals surface area contributed by atoms with Crippen LogP contribution >= 0.6 is 23.4 Å². The molecule has 0 unspecified atom stereocenters. The molecule has 0 spiro atoms. The first-order chi connectivity index (χ1) is 9.20. The predicted octanol–water partition coefficient (Wildman–Crippen LogP) is 2.56. The van der Waals surface area contributed by atoms with Gasteiger partial charge < -0.3 is 10.0 Å². The minimum atomic E-state index is 0.0429. The van der Waals surface area contributed by atoms with E-state index in [2.05, 4.69) is 0 Å².